The number of ether oxygens (including phenoxy) is 1. The maximum atomic E-state index is 11.8. The minimum atomic E-state index is -0.0656. The molecule has 0 saturated heterocycles. The highest BCUT2D eigenvalue weighted by Gasteiger charge is 2.03. The van der Waals surface area contributed by atoms with E-state index in [4.69, 9.17) is 9.84 Å². The van der Waals surface area contributed by atoms with Crippen molar-refractivity contribution in [3.05, 3.63) is 35.9 Å². The van der Waals surface area contributed by atoms with Crippen LogP contribution in [-0.4, -0.2) is 17.7 Å². The van der Waals surface area contributed by atoms with Crippen molar-refractivity contribution in [1.82, 2.24) is 0 Å². The van der Waals surface area contributed by atoms with Crippen LogP contribution in [0.2, 0.25) is 0 Å². The first kappa shape index (κ1) is 29.7. The molecule has 33 heavy (non-hydrogen) atoms. The summed E-state index contributed by atoms with van der Waals surface area (Å²) in [6.45, 7) is 0.754. The minimum Gasteiger partial charge on any atom is -0.461 e. The van der Waals surface area contributed by atoms with E-state index >= 15 is 0 Å². The maximum absolute atomic E-state index is 11.8. The topological polar surface area (TPSA) is 46.5 Å². The first-order chi connectivity index (χ1) is 16.3. The zero-order valence-electron chi connectivity index (χ0n) is 21.4. The molecule has 190 valence electrons. The van der Waals surface area contributed by atoms with Gasteiger partial charge in [-0.05, 0) is 18.4 Å². The summed E-state index contributed by atoms with van der Waals surface area (Å²) >= 11 is 0. The van der Waals surface area contributed by atoms with Crippen molar-refractivity contribution >= 4 is 5.97 Å². The summed E-state index contributed by atoms with van der Waals surface area (Å²) < 4.78 is 5.33. The Morgan fingerprint density at radius 3 is 1.30 bits per heavy atom. The van der Waals surface area contributed by atoms with Gasteiger partial charge in [0.2, 0.25) is 0 Å². The molecule has 0 atom stereocenters. The van der Waals surface area contributed by atoms with Crippen LogP contribution in [0.25, 0.3) is 0 Å². The Morgan fingerprint density at radius 1 is 0.545 bits per heavy atom. The third kappa shape index (κ3) is 21.0. The highest BCUT2D eigenvalue weighted by molar-refractivity contribution is 5.69. The Morgan fingerprint density at radius 2 is 0.909 bits per heavy atom. The van der Waals surface area contributed by atoms with Crippen LogP contribution >= 0.6 is 0 Å². The highest BCUT2D eigenvalue weighted by atomic mass is 16.5. The molecule has 0 unspecified atom stereocenters. The van der Waals surface area contributed by atoms with Crippen LogP contribution in [0.15, 0.2) is 30.3 Å². The van der Waals surface area contributed by atoms with Gasteiger partial charge in [-0.1, -0.05) is 146 Å². The van der Waals surface area contributed by atoms with Gasteiger partial charge >= 0.3 is 5.97 Å². The van der Waals surface area contributed by atoms with Gasteiger partial charge in [-0.25, -0.2) is 0 Å². The van der Waals surface area contributed by atoms with E-state index in [0.717, 1.165) is 24.8 Å². The van der Waals surface area contributed by atoms with Gasteiger partial charge in [-0.3, -0.25) is 4.79 Å². The zero-order valence-corrected chi connectivity index (χ0v) is 21.4. The van der Waals surface area contributed by atoms with Gasteiger partial charge in [-0.2, -0.15) is 0 Å². The predicted octanol–water partition coefficient (Wildman–Crippen LogP) is 8.91. The Bertz CT molecular complexity index is 529. The molecule has 0 radical (unpaired) electrons. The van der Waals surface area contributed by atoms with Crippen LogP contribution in [0.3, 0.4) is 0 Å². The number of aliphatic hydroxyl groups excluding tert-OH is 1. The summed E-state index contributed by atoms with van der Waals surface area (Å²) in [4.78, 5) is 11.8. The first-order valence-electron chi connectivity index (χ1n) is 14.1. The minimum absolute atomic E-state index is 0.0656. The molecule has 1 N–H and O–H groups in total. The number of unbranched alkanes of at least 4 members (excludes halogenated alkanes) is 19. The van der Waals surface area contributed by atoms with Gasteiger partial charge < -0.3 is 9.84 Å². The van der Waals surface area contributed by atoms with Gasteiger partial charge in [-0.15, -0.1) is 0 Å². The molecule has 0 aliphatic carbocycles. The van der Waals surface area contributed by atoms with Crippen molar-refractivity contribution in [1.29, 1.82) is 0 Å². The number of hydrogen-bond acceptors (Lipinski definition) is 3. The second-order valence-corrected chi connectivity index (χ2v) is 9.69. The SMILES string of the molecule is O=C(CCCCCCCCCCCCCCCCCCCCCCO)OCc1ccccc1. The predicted molar refractivity (Wildman–Crippen MR) is 140 cm³/mol. The summed E-state index contributed by atoms with van der Waals surface area (Å²) in [6, 6.07) is 9.89. The molecule has 0 fully saturated rings. The summed E-state index contributed by atoms with van der Waals surface area (Å²) in [7, 11) is 0. The number of aliphatic hydroxyl groups is 1. The van der Waals surface area contributed by atoms with E-state index in [9.17, 15) is 4.79 Å². The van der Waals surface area contributed by atoms with Gasteiger partial charge in [0, 0.05) is 13.0 Å². The van der Waals surface area contributed by atoms with Gasteiger partial charge in [0.25, 0.3) is 0 Å². The van der Waals surface area contributed by atoms with E-state index in [1.165, 1.54) is 109 Å². The molecule has 0 aromatic heterocycles. The molecule has 0 aliphatic rings. The van der Waals surface area contributed by atoms with E-state index in [2.05, 4.69) is 0 Å². The molecule has 1 aromatic carbocycles. The lowest BCUT2D eigenvalue weighted by atomic mass is 10.0. The standard InChI is InChI=1S/C30H52O3/c31-27-23-18-16-14-12-10-8-6-4-2-1-3-5-7-9-11-13-15-17-22-26-30(32)33-28-29-24-20-19-21-25-29/h19-21,24-25,31H,1-18,22-23,26-28H2. The monoisotopic (exact) mass is 460 g/mol. The van der Waals surface area contributed by atoms with E-state index in [1.807, 2.05) is 30.3 Å². The molecule has 1 rings (SSSR count). The second-order valence-electron chi connectivity index (χ2n) is 9.69. The number of carbonyl (C=O) groups excluding carboxylic acids is 1. The average molecular weight is 461 g/mol. The van der Waals surface area contributed by atoms with Gasteiger partial charge in [0.15, 0.2) is 0 Å². The van der Waals surface area contributed by atoms with Gasteiger partial charge in [0.1, 0.15) is 6.61 Å². The summed E-state index contributed by atoms with van der Waals surface area (Å²) in [5, 5.41) is 8.76. The van der Waals surface area contributed by atoms with Crippen LogP contribution in [0.4, 0.5) is 0 Å². The molecule has 3 heteroatoms. The third-order valence-electron chi connectivity index (χ3n) is 6.53. The number of esters is 1. The Labute approximate surface area is 204 Å². The van der Waals surface area contributed by atoms with E-state index in [0.29, 0.717) is 19.6 Å². The highest BCUT2D eigenvalue weighted by Crippen LogP contribution is 2.15. The van der Waals surface area contributed by atoms with Crippen LogP contribution in [0, 0.1) is 0 Å². The molecule has 0 aliphatic heterocycles. The number of hydrogen-bond donors (Lipinski definition) is 1. The molecule has 0 amide bonds. The molecular weight excluding hydrogens is 408 g/mol. The second kappa shape index (κ2) is 23.8. The smallest absolute Gasteiger partial charge is 0.306 e. The molecule has 0 heterocycles. The number of carbonyl (C=O) groups is 1. The summed E-state index contributed by atoms with van der Waals surface area (Å²) in [5.74, 6) is -0.0656. The van der Waals surface area contributed by atoms with Crippen molar-refractivity contribution in [2.45, 2.75) is 141 Å². The van der Waals surface area contributed by atoms with Crippen LogP contribution in [0.5, 0.6) is 0 Å². The average Bonchev–Trinajstić information content (AvgIpc) is 2.84. The fraction of sp³-hybridized carbons (Fsp3) is 0.767. The van der Waals surface area contributed by atoms with E-state index < -0.39 is 0 Å². The van der Waals surface area contributed by atoms with Gasteiger partial charge in [0.05, 0.1) is 0 Å². The lowest BCUT2D eigenvalue weighted by molar-refractivity contribution is -0.145. The Balaban J connectivity index is 1.70. The Kier molecular flexibility index (Phi) is 21.4. The van der Waals surface area contributed by atoms with Crippen molar-refractivity contribution in [2.24, 2.45) is 0 Å². The van der Waals surface area contributed by atoms with E-state index in [1.54, 1.807) is 0 Å². The molecule has 3 nitrogen and oxygen atoms in total. The molecular formula is C30H52O3. The maximum Gasteiger partial charge on any atom is 0.306 e. The Hall–Kier alpha value is -1.35. The molecule has 1 aromatic rings. The fourth-order valence-corrected chi connectivity index (χ4v) is 4.37. The van der Waals surface area contributed by atoms with Crippen molar-refractivity contribution in [3.8, 4) is 0 Å². The fourth-order valence-electron chi connectivity index (χ4n) is 4.37. The van der Waals surface area contributed by atoms with Crippen molar-refractivity contribution < 1.29 is 14.6 Å². The molecule has 0 spiro atoms. The summed E-state index contributed by atoms with van der Waals surface area (Å²) in [6.07, 6.45) is 26.8. The molecule has 0 bridgehead atoms. The van der Waals surface area contributed by atoms with E-state index in [-0.39, 0.29) is 5.97 Å². The van der Waals surface area contributed by atoms with Crippen LogP contribution in [0.1, 0.15) is 140 Å². The normalized spacial score (nSPS) is 11.1. The zero-order chi connectivity index (χ0) is 23.7. The van der Waals surface area contributed by atoms with Crippen molar-refractivity contribution in [3.63, 3.8) is 0 Å². The third-order valence-corrected chi connectivity index (χ3v) is 6.53. The van der Waals surface area contributed by atoms with Crippen molar-refractivity contribution in [2.75, 3.05) is 6.61 Å². The lowest BCUT2D eigenvalue weighted by Crippen LogP contribution is -2.04. The lowest BCUT2D eigenvalue weighted by Gasteiger charge is -2.05. The van der Waals surface area contributed by atoms with Crippen LogP contribution < -0.4 is 0 Å². The molecule has 0 saturated carbocycles. The number of benzene rings is 1. The number of rotatable bonds is 24. The first-order valence-corrected chi connectivity index (χ1v) is 14.1. The quantitative estimate of drug-likeness (QED) is 0.124. The van der Waals surface area contributed by atoms with Crippen LogP contribution in [-0.2, 0) is 16.1 Å². The largest absolute Gasteiger partial charge is 0.461 e. The summed E-state index contributed by atoms with van der Waals surface area (Å²) in [5.41, 5.74) is 1.05.